The fourth-order valence-electron chi connectivity index (χ4n) is 12.6. The molecule has 0 unspecified atom stereocenters. The van der Waals surface area contributed by atoms with Crippen molar-refractivity contribution in [2.75, 3.05) is 33.2 Å². The van der Waals surface area contributed by atoms with E-state index in [1.165, 1.54) is 6.42 Å². The van der Waals surface area contributed by atoms with Crippen molar-refractivity contribution in [1.29, 1.82) is 0 Å². The zero-order valence-corrected chi connectivity index (χ0v) is 30.0. The largest absolute Gasteiger partial charge is 0.340 e. The Hall–Kier alpha value is -2.27. The van der Waals surface area contributed by atoms with Crippen molar-refractivity contribution in [2.24, 2.45) is 50.2 Å². The minimum absolute atomic E-state index is 0.0273. The van der Waals surface area contributed by atoms with E-state index in [-0.39, 0.29) is 27.1 Å². The number of hydrogen-bond acceptors (Lipinski definition) is 4. The van der Waals surface area contributed by atoms with Crippen LogP contribution >= 0.6 is 0 Å². The molecule has 0 aromatic carbocycles. The highest BCUT2D eigenvalue weighted by Gasteiger charge is 2.69. The molecule has 5 aliphatic carbocycles. The van der Waals surface area contributed by atoms with Crippen LogP contribution in [0.1, 0.15) is 112 Å². The molecule has 1 amide bonds. The van der Waals surface area contributed by atoms with E-state index in [0.717, 1.165) is 88.7 Å². The number of hydrogen-bond donors (Lipinski definition) is 0. The van der Waals surface area contributed by atoms with Crippen molar-refractivity contribution in [3.63, 3.8) is 0 Å². The molecule has 5 fully saturated rings. The molecule has 0 N–H and O–H groups in total. The minimum atomic E-state index is -0.392. The minimum Gasteiger partial charge on any atom is -0.340 e. The molecule has 5 heteroatoms. The standard InChI is InChI=1S/C41H59N3O2/c1-36(2)15-17-41(35(46)44-22-20-43(8)21-23-44)18-16-39(6)30(31(41)26-36)11-12-33-38(5)25-29(24-28-10-9-19-42-27-28)34(45)37(3,4)32(38)13-14-40(33,39)7/h9-11,19,24,27,31-33H,12-18,20-23,25-26H2,1-8H3/b29-24-/t31-,32-,33+,38-,39+,40+,41-/m0/s1. The molecule has 4 saturated carbocycles. The fourth-order valence-corrected chi connectivity index (χ4v) is 12.6. The van der Waals surface area contributed by atoms with Gasteiger partial charge in [-0.25, -0.2) is 0 Å². The maximum absolute atomic E-state index is 14.7. The lowest BCUT2D eigenvalue weighted by molar-refractivity contribution is -0.182. The predicted molar refractivity (Wildman–Crippen MR) is 186 cm³/mol. The third kappa shape index (κ3) is 4.52. The summed E-state index contributed by atoms with van der Waals surface area (Å²) in [5.41, 5.74) is 3.46. The van der Waals surface area contributed by atoms with Crippen molar-refractivity contribution in [1.82, 2.24) is 14.8 Å². The first-order valence-corrected chi connectivity index (χ1v) is 18.4. The molecular weight excluding hydrogens is 566 g/mol. The molecule has 0 spiro atoms. The number of pyridine rings is 1. The smallest absolute Gasteiger partial charge is 0.229 e. The average Bonchev–Trinajstić information content (AvgIpc) is 3.00. The summed E-state index contributed by atoms with van der Waals surface area (Å²) in [5.74, 6) is 1.98. The van der Waals surface area contributed by atoms with Crippen LogP contribution in [0.5, 0.6) is 0 Å². The Kier molecular flexibility index (Phi) is 7.45. The first-order valence-electron chi connectivity index (χ1n) is 18.4. The molecular formula is C41H59N3O2. The highest BCUT2D eigenvalue weighted by molar-refractivity contribution is 6.04. The van der Waals surface area contributed by atoms with Gasteiger partial charge in [-0.1, -0.05) is 66.2 Å². The molecule has 1 saturated heterocycles. The summed E-state index contributed by atoms with van der Waals surface area (Å²) in [5, 5.41) is 0. The van der Waals surface area contributed by atoms with Gasteiger partial charge in [0.25, 0.3) is 0 Å². The van der Waals surface area contributed by atoms with Crippen LogP contribution in [0.3, 0.4) is 0 Å². The van der Waals surface area contributed by atoms with Crippen LogP contribution < -0.4 is 0 Å². The predicted octanol–water partition coefficient (Wildman–Crippen LogP) is 8.22. The molecule has 7 atom stereocenters. The average molecular weight is 626 g/mol. The number of amides is 1. The summed E-state index contributed by atoms with van der Waals surface area (Å²) >= 11 is 0. The number of carbonyl (C=O) groups is 2. The van der Waals surface area contributed by atoms with E-state index in [1.54, 1.807) is 11.8 Å². The van der Waals surface area contributed by atoms with Gasteiger partial charge in [-0.3, -0.25) is 14.6 Å². The summed E-state index contributed by atoms with van der Waals surface area (Å²) in [4.78, 5) is 37.8. The van der Waals surface area contributed by atoms with E-state index in [4.69, 9.17) is 0 Å². The Balaban J connectivity index is 1.29. The molecule has 250 valence electrons. The van der Waals surface area contributed by atoms with Crippen LogP contribution in [-0.2, 0) is 9.59 Å². The van der Waals surface area contributed by atoms with Crippen LogP contribution in [0.4, 0.5) is 0 Å². The Labute approximate surface area is 278 Å². The molecule has 46 heavy (non-hydrogen) atoms. The number of nitrogens with zero attached hydrogens (tertiary/aromatic N) is 3. The highest BCUT2D eigenvalue weighted by Crippen LogP contribution is 2.76. The van der Waals surface area contributed by atoms with Crippen molar-refractivity contribution in [3.05, 3.63) is 47.3 Å². The first kappa shape index (κ1) is 32.3. The van der Waals surface area contributed by atoms with Crippen LogP contribution in [0.15, 0.2) is 41.7 Å². The topological polar surface area (TPSA) is 53.5 Å². The fraction of sp³-hybridized carbons (Fsp3) is 0.732. The summed E-state index contributed by atoms with van der Waals surface area (Å²) in [7, 11) is 2.18. The van der Waals surface area contributed by atoms with Crippen LogP contribution in [0.2, 0.25) is 0 Å². The van der Waals surface area contributed by atoms with E-state index >= 15 is 0 Å². The zero-order valence-electron chi connectivity index (χ0n) is 30.0. The SMILES string of the molecule is CN1CCN(C(=O)[C@]23CCC(C)(C)C[C@H]2C2=CC[C@@H]4[C@@]5(C)C/C(=C/c6cccnc6)C(=O)C(C)(C)[C@@H]5CC[C@@]4(C)[C@]2(C)CC3)CC1. The molecule has 1 aromatic heterocycles. The summed E-state index contributed by atoms with van der Waals surface area (Å²) in [6, 6.07) is 4.03. The van der Waals surface area contributed by atoms with Gasteiger partial charge in [0.2, 0.25) is 5.91 Å². The summed E-state index contributed by atoms with van der Waals surface area (Å²) in [6.45, 7) is 20.8. The Bertz CT molecular complexity index is 1470. The van der Waals surface area contributed by atoms with Gasteiger partial charge in [-0.15, -0.1) is 0 Å². The van der Waals surface area contributed by atoms with Crippen molar-refractivity contribution >= 4 is 17.8 Å². The van der Waals surface area contributed by atoms with Gasteiger partial charge < -0.3 is 9.80 Å². The number of piperazine rings is 1. The monoisotopic (exact) mass is 625 g/mol. The second-order valence-electron chi connectivity index (χ2n) is 18.7. The second kappa shape index (κ2) is 10.6. The molecule has 1 aromatic rings. The number of rotatable bonds is 2. The van der Waals surface area contributed by atoms with Gasteiger partial charge in [0.1, 0.15) is 0 Å². The van der Waals surface area contributed by atoms with E-state index in [2.05, 4.69) is 88.5 Å². The van der Waals surface area contributed by atoms with Crippen molar-refractivity contribution in [2.45, 2.75) is 106 Å². The van der Waals surface area contributed by atoms with Crippen molar-refractivity contribution < 1.29 is 9.59 Å². The van der Waals surface area contributed by atoms with Crippen LogP contribution in [-0.4, -0.2) is 59.7 Å². The molecule has 0 bridgehead atoms. The second-order valence-corrected chi connectivity index (χ2v) is 18.7. The number of carbonyl (C=O) groups excluding carboxylic acids is 2. The Morgan fingerprint density at radius 1 is 0.935 bits per heavy atom. The lowest BCUT2D eigenvalue weighted by Gasteiger charge is -2.71. The third-order valence-electron chi connectivity index (χ3n) is 15.5. The molecule has 5 nitrogen and oxygen atoms in total. The zero-order chi connectivity index (χ0) is 32.9. The molecule has 1 aliphatic heterocycles. The van der Waals surface area contributed by atoms with Gasteiger partial charge in [0.05, 0.1) is 5.41 Å². The van der Waals surface area contributed by atoms with E-state index in [1.807, 2.05) is 12.3 Å². The van der Waals surface area contributed by atoms with Crippen LogP contribution in [0, 0.1) is 50.2 Å². The van der Waals surface area contributed by atoms with E-state index in [0.29, 0.717) is 29.4 Å². The Morgan fingerprint density at radius 2 is 1.65 bits per heavy atom. The molecule has 2 heterocycles. The van der Waals surface area contributed by atoms with Crippen molar-refractivity contribution in [3.8, 4) is 0 Å². The summed E-state index contributed by atoms with van der Waals surface area (Å²) in [6.07, 6.45) is 18.1. The number of Topliss-reactive ketones (excluding diaryl/α,β-unsaturated/α-hetero) is 1. The Morgan fingerprint density at radius 3 is 2.35 bits per heavy atom. The lowest BCUT2D eigenvalue weighted by Crippen LogP contribution is -2.65. The van der Waals surface area contributed by atoms with E-state index in [9.17, 15) is 9.59 Å². The number of fused-ring (bicyclic) bond motifs is 7. The number of ketones is 1. The van der Waals surface area contributed by atoms with Gasteiger partial charge in [-0.2, -0.15) is 0 Å². The number of allylic oxidation sites excluding steroid dienone is 3. The maximum Gasteiger partial charge on any atom is 0.229 e. The maximum atomic E-state index is 14.7. The molecule has 7 rings (SSSR count). The number of likely N-dealkylation sites (N-methyl/N-ethyl adjacent to an activating group) is 1. The normalized spacial score (nSPS) is 42.7. The van der Waals surface area contributed by atoms with E-state index < -0.39 is 5.41 Å². The third-order valence-corrected chi connectivity index (χ3v) is 15.5. The summed E-state index contributed by atoms with van der Waals surface area (Å²) < 4.78 is 0. The van der Waals surface area contributed by atoms with Gasteiger partial charge >= 0.3 is 0 Å². The quantitative estimate of drug-likeness (QED) is 0.246. The van der Waals surface area contributed by atoms with Crippen LogP contribution in [0.25, 0.3) is 6.08 Å². The van der Waals surface area contributed by atoms with Gasteiger partial charge in [0.15, 0.2) is 5.78 Å². The van der Waals surface area contributed by atoms with Gasteiger partial charge in [-0.05, 0) is 128 Å². The highest BCUT2D eigenvalue weighted by atomic mass is 16.2. The molecule has 6 aliphatic rings. The van der Waals surface area contributed by atoms with Gasteiger partial charge in [0, 0.05) is 44.0 Å². The molecule has 0 radical (unpaired) electrons. The first-order chi connectivity index (χ1) is 21.6. The lowest BCUT2D eigenvalue weighted by atomic mass is 9.33. The number of aromatic nitrogens is 1.